The van der Waals surface area contributed by atoms with Crippen molar-refractivity contribution in [2.24, 2.45) is 0 Å². The number of carbonyl (C=O) groups excluding carboxylic acids is 1. The van der Waals surface area contributed by atoms with E-state index >= 15 is 0 Å². The minimum Gasteiger partial charge on any atom is -0.507 e. The third-order valence-electron chi connectivity index (χ3n) is 5.97. The number of halogens is 4. The molecule has 4 rings (SSSR count). The van der Waals surface area contributed by atoms with Gasteiger partial charge in [0.15, 0.2) is 0 Å². The zero-order valence-electron chi connectivity index (χ0n) is 18.1. The number of phenolic OH excluding ortho intramolecular Hbond substituents is 1. The van der Waals surface area contributed by atoms with Crippen LogP contribution in [0.1, 0.15) is 53.1 Å². The smallest absolute Gasteiger partial charge is 0.416 e. The molecule has 1 aliphatic rings. The molecule has 3 aromatic carbocycles. The van der Waals surface area contributed by atoms with E-state index in [4.69, 9.17) is 16.3 Å². The first-order valence-electron chi connectivity index (χ1n) is 10.9. The number of amides is 1. The minimum absolute atomic E-state index is 0.0813. The van der Waals surface area contributed by atoms with Gasteiger partial charge in [0.2, 0.25) is 0 Å². The SMILES string of the molecule is O=C(Nc1cc(C(F)(F)F)ccc1O[C@H]1CCCC[C@@H]1c1ccccc1)c1cc(Cl)ccc1O. The van der Waals surface area contributed by atoms with E-state index in [2.05, 4.69) is 5.32 Å². The molecule has 1 saturated carbocycles. The summed E-state index contributed by atoms with van der Waals surface area (Å²) >= 11 is 5.92. The fourth-order valence-corrected chi connectivity index (χ4v) is 4.44. The fraction of sp³-hybridized carbons (Fsp3) is 0.269. The Balaban J connectivity index is 1.66. The highest BCUT2D eigenvalue weighted by Gasteiger charge is 2.33. The third-order valence-corrected chi connectivity index (χ3v) is 6.20. The zero-order valence-corrected chi connectivity index (χ0v) is 18.9. The Morgan fingerprint density at radius 1 is 1.00 bits per heavy atom. The van der Waals surface area contributed by atoms with Crippen LogP contribution >= 0.6 is 11.6 Å². The maximum absolute atomic E-state index is 13.4. The van der Waals surface area contributed by atoms with E-state index in [1.54, 1.807) is 0 Å². The minimum atomic E-state index is -4.60. The summed E-state index contributed by atoms with van der Waals surface area (Å²) in [5, 5.41) is 12.7. The van der Waals surface area contributed by atoms with Gasteiger partial charge < -0.3 is 15.2 Å². The van der Waals surface area contributed by atoms with E-state index in [9.17, 15) is 23.1 Å². The Labute approximate surface area is 200 Å². The van der Waals surface area contributed by atoms with Gasteiger partial charge in [0.1, 0.15) is 17.6 Å². The van der Waals surface area contributed by atoms with Crippen LogP contribution in [0.25, 0.3) is 0 Å². The molecule has 0 radical (unpaired) electrons. The van der Waals surface area contributed by atoms with Crippen LogP contribution in [-0.2, 0) is 6.18 Å². The lowest BCUT2D eigenvalue weighted by atomic mass is 9.81. The van der Waals surface area contributed by atoms with Crippen molar-refractivity contribution in [1.29, 1.82) is 0 Å². The van der Waals surface area contributed by atoms with Gasteiger partial charge in [-0.1, -0.05) is 48.4 Å². The Kier molecular flexibility index (Phi) is 7.03. The van der Waals surface area contributed by atoms with Crippen molar-refractivity contribution >= 4 is 23.2 Å². The van der Waals surface area contributed by atoms with E-state index < -0.39 is 17.6 Å². The number of anilines is 1. The Bertz CT molecular complexity index is 1170. The highest BCUT2D eigenvalue weighted by molar-refractivity contribution is 6.31. The van der Waals surface area contributed by atoms with E-state index in [0.717, 1.165) is 43.4 Å². The van der Waals surface area contributed by atoms with Gasteiger partial charge in [-0.15, -0.1) is 0 Å². The van der Waals surface area contributed by atoms with Gasteiger partial charge in [-0.3, -0.25) is 4.79 Å². The summed E-state index contributed by atoms with van der Waals surface area (Å²) in [6.45, 7) is 0. The zero-order chi connectivity index (χ0) is 24.3. The van der Waals surface area contributed by atoms with Gasteiger partial charge in [-0.05, 0) is 61.2 Å². The molecular formula is C26H23ClF3NO3. The predicted molar refractivity (Wildman–Crippen MR) is 125 cm³/mol. The van der Waals surface area contributed by atoms with Crippen LogP contribution in [0.3, 0.4) is 0 Å². The molecule has 8 heteroatoms. The summed E-state index contributed by atoms with van der Waals surface area (Å²) in [7, 11) is 0. The summed E-state index contributed by atoms with van der Waals surface area (Å²) in [6.07, 6.45) is -1.26. The Morgan fingerprint density at radius 2 is 1.74 bits per heavy atom. The molecular weight excluding hydrogens is 467 g/mol. The summed E-state index contributed by atoms with van der Waals surface area (Å²) in [6, 6.07) is 16.7. The average molecular weight is 490 g/mol. The van der Waals surface area contributed by atoms with Gasteiger partial charge in [0.25, 0.3) is 5.91 Å². The van der Waals surface area contributed by atoms with Crippen molar-refractivity contribution in [2.75, 3.05) is 5.32 Å². The second-order valence-electron chi connectivity index (χ2n) is 8.28. The molecule has 0 spiro atoms. The van der Waals surface area contributed by atoms with Crippen LogP contribution < -0.4 is 10.1 Å². The number of benzene rings is 3. The molecule has 4 nitrogen and oxygen atoms in total. The first-order valence-corrected chi connectivity index (χ1v) is 11.3. The number of alkyl halides is 3. The lowest BCUT2D eigenvalue weighted by Crippen LogP contribution is -2.29. The number of rotatable bonds is 5. The molecule has 2 N–H and O–H groups in total. The van der Waals surface area contributed by atoms with Gasteiger partial charge in [0, 0.05) is 10.9 Å². The monoisotopic (exact) mass is 489 g/mol. The molecule has 1 aliphatic carbocycles. The van der Waals surface area contributed by atoms with Crippen molar-refractivity contribution in [2.45, 2.75) is 43.9 Å². The van der Waals surface area contributed by atoms with Crippen LogP contribution in [0.15, 0.2) is 66.7 Å². The Morgan fingerprint density at radius 3 is 2.47 bits per heavy atom. The van der Waals surface area contributed by atoms with Crippen LogP contribution in [-0.4, -0.2) is 17.1 Å². The molecule has 0 bridgehead atoms. The molecule has 0 aliphatic heterocycles. The first-order chi connectivity index (χ1) is 16.2. The largest absolute Gasteiger partial charge is 0.507 e. The van der Waals surface area contributed by atoms with E-state index in [1.807, 2.05) is 30.3 Å². The van der Waals surface area contributed by atoms with Crippen LogP contribution in [0.4, 0.5) is 18.9 Å². The lowest BCUT2D eigenvalue weighted by molar-refractivity contribution is -0.137. The number of nitrogens with one attached hydrogen (secondary N) is 1. The van der Waals surface area contributed by atoms with Crippen LogP contribution in [0.2, 0.25) is 5.02 Å². The van der Waals surface area contributed by atoms with Crippen molar-refractivity contribution in [3.05, 3.63) is 88.4 Å². The maximum Gasteiger partial charge on any atom is 0.416 e. The number of carbonyl (C=O) groups is 1. The van der Waals surface area contributed by atoms with Gasteiger partial charge >= 0.3 is 6.18 Å². The lowest BCUT2D eigenvalue weighted by Gasteiger charge is -2.33. The van der Waals surface area contributed by atoms with Crippen molar-refractivity contribution in [3.63, 3.8) is 0 Å². The molecule has 1 fully saturated rings. The summed E-state index contributed by atoms with van der Waals surface area (Å²) in [4.78, 5) is 12.8. The maximum atomic E-state index is 13.4. The number of ether oxygens (including phenoxy) is 1. The quantitative estimate of drug-likeness (QED) is 0.392. The second-order valence-corrected chi connectivity index (χ2v) is 8.72. The number of aromatic hydroxyl groups is 1. The molecule has 178 valence electrons. The molecule has 0 aromatic heterocycles. The predicted octanol–water partition coefficient (Wildman–Crippen LogP) is 7.42. The molecule has 2 atom stereocenters. The number of hydrogen-bond donors (Lipinski definition) is 2. The third kappa shape index (κ3) is 5.47. The van der Waals surface area contributed by atoms with E-state index in [1.165, 1.54) is 24.3 Å². The van der Waals surface area contributed by atoms with Crippen molar-refractivity contribution < 1.29 is 27.8 Å². The van der Waals surface area contributed by atoms with E-state index in [-0.39, 0.29) is 39.8 Å². The molecule has 3 aromatic rings. The molecule has 34 heavy (non-hydrogen) atoms. The van der Waals surface area contributed by atoms with Crippen molar-refractivity contribution in [1.82, 2.24) is 0 Å². The first kappa shape index (κ1) is 24.0. The molecule has 0 unspecified atom stereocenters. The topological polar surface area (TPSA) is 58.6 Å². The highest BCUT2D eigenvalue weighted by atomic mass is 35.5. The van der Waals surface area contributed by atoms with Gasteiger partial charge in [0.05, 0.1) is 16.8 Å². The summed E-state index contributed by atoms with van der Waals surface area (Å²) in [5.41, 5.74) is -0.102. The summed E-state index contributed by atoms with van der Waals surface area (Å²) in [5.74, 6) is -0.923. The standard InChI is InChI=1S/C26H23ClF3NO3/c27-18-11-12-22(32)20(15-18)25(33)31-21-14-17(26(28,29)30)10-13-24(21)34-23-9-5-4-8-19(23)16-6-2-1-3-7-16/h1-3,6-7,10-15,19,23,32H,4-5,8-9H2,(H,31,33)/t19-,23+/m1/s1. The molecule has 1 amide bonds. The average Bonchev–Trinajstić information content (AvgIpc) is 2.82. The second kappa shape index (κ2) is 9.97. The highest BCUT2D eigenvalue weighted by Crippen LogP contribution is 2.40. The van der Waals surface area contributed by atoms with Crippen LogP contribution in [0.5, 0.6) is 11.5 Å². The van der Waals surface area contributed by atoms with E-state index in [0.29, 0.717) is 0 Å². The summed E-state index contributed by atoms with van der Waals surface area (Å²) < 4.78 is 46.5. The molecule has 0 heterocycles. The Hall–Kier alpha value is -3.19. The fourth-order valence-electron chi connectivity index (χ4n) is 4.27. The normalized spacial score (nSPS) is 18.4. The van der Waals surface area contributed by atoms with Crippen LogP contribution in [0, 0.1) is 0 Å². The number of phenols is 1. The van der Waals surface area contributed by atoms with Gasteiger partial charge in [-0.2, -0.15) is 13.2 Å². The number of hydrogen-bond acceptors (Lipinski definition) is 3. The van der Waals surface area contributed by atoms with Gasteiger partial charge in [-0.25, -0.2) is 0 Å². The molecule has 0 saturated heterocycles. The van der Waals surface area contributed by atoms with Crippen molar-refractivity contribution in [3.8, 4) is 11.5 Å².